The summed E-state index contributed by atoms with van der Waals surface area (Å²) in [6.07, 6.45) is 8.69. The minimum absolute atomic E-state index is 0.108. The van der Waals surface area contributed by atoms with Crippen LogP contribution in [0.4, 0.5) is 0 Å². The van der Waals surface area contributed by atoms with Gasteiger partial charge in [-0.3, -0.25) is 4.79 Å². The van der Waals surface area contributed by atoms with Crippen LogP contribution in [0.2, 0.25) is 10.0 Å². The second-order valence-electron chi connectivity index (χ2n) is 11.0. The number of hydrogen-bond acceptors (Lipinski definition) is 3. The number of rotatable bonds is 7. The van der Waals surface area contributed by atoms with Crippen LogP contribution >= 0.6 is 23.2 Å². The van der Waals surface area contributed by atoms with Gasteiger partial charge >= 0.3 is 0 Å². The molecule has 2 aromatic rings. The van der Waals surface area contributed by atoms with Crippen LogP contribution in [0.1, 0.15) is 74.0 Å². The van der Waals surface area contributed by atoms with Crippen molar-refractivity contribution in [1.29, 1.82) is 0 Å². The monoisotopic (exact) mass is 528 g/mol. The predicted molar refractivity (Wildman–Crippen MR) is 147 cm³/mol. The SMILES string of the molecule is CN(CC(CCN1CCC2(CC1)OCc1ccccc12)c1ccc(Cl)c(Cl)c1)C(=O)C1CCCCC1. The van der Waals surface area contributed by atoms with E-state index >= 15 is 0 Å². The van der Waals surface area contributed by atoms with E-state index in [0.29, 0.717) is 22.5 Å². The van der Waals surface area contributed by atoms with Crippen molar-refractivity contribution in [1.82, 2.24) is 9.80 Å². The van der Waals surface area contributed by atoms with Crippen LogP contribution in [0, 0.1) is 5.92 Å². The van der Waals surface area contributed by atoms with Crippen molar-refractivity contribution in [3.05, 3.63) is 69.2 Å². The lowest BCUT2D eigenvalue weighted by Gasteiger charge is -2.40. The molecular formula is C30H38Cl2N2O2. The summed E-state index contributed by atoms with van der Waals surface area (Å²) < 4.78 is 6.36. The molecule has 2 fully saturated rings. The average Bonchev–Trinajstić information content (AvgIpc) is 3.27. The Morgan fingerprint density at radius 1 is 1.08 bits per heavy atom. The zero-order chi connectivity index (χ0) is 25.1. The number of hydrogen-bond donors (Lipinski definition) is 0. The molecule has 6 heteroatoms. The van der Waals surface area contributed by atoms with Crippen LogP contribution in [-0.4, -0.2) is 48.9 Å². The first-order valence-electron chi connectivity index (χ1n) is 13.6. The van der Waals surface area contributed by atoms with Crippen molar-refractivity contribution in [2.45, 2.75) is 69.5 Å². The number of fused-ring (bicyclic) bond motifs is 2. The Hall–Kier alpha value is -1.59. The van der Waals surface area contributed by atoms with E-state index in [1.54, 1.807) is 0 Å². The van der Waals surface area contributed by atoms with Gasteiger partial charge < -0.3 is 14.5 Å². The fourth-order valence-corrected chi connectivity index (χ4v) is 6.79. The third-order valence-electron chi connectivity index (χ3n) is 8.71. The van der Waals surface area contributed by atoms with Crippen LogP contribution in [0.5, 0.6) is 0 Å². The lowest BCUT2D eigenvalue weighted by Crippen LogP contribution is -2.43. The van der Waals surface area contributed by atoms with Crippen LogP contribution in [-0.2, 0) is 21.7 Å². The molecule has 2 aromatic carbocycles. The van der Waals surface area contributed by atoms with Crippen molar-refractivity contribution < 1.29 is 9.53 Å². The molecule has 194 valence electrons. The topological polar surface area (TPSA) is 32.8 Å². The third-order valence-corrected chi connectivity index (χ3v) is 9.45. The minimum Gasteiger partial charge on any atom is -0.365 e. The fourth-order valence-electron chi connectivity index (χ4n) is 6.49. The van der Waals surface area contributed by atoms with Gasteiger partial charge in [-0.2, -0.15) is 0 Å². The van der Waals surface area contributed by atoms with E-state index < -0.39 is 0 Å². The highest BCUT2D eigenvalue weighted by molar-refractivity contribution is 6.42. The number of benzene rings is 2. The molecule has 1 unspecified atom stereocenters. The normalized spacial score (nSPS) is 20.9. The lowest BCUT2D eigenvalue weighted by molar-refractivity contribution is -0.135. The van der Waals surface area contributed by atoms with E-state index in [1.165, 1.54) is 30.4 Å². The molecule has 1 atom stereocenters. The molecule has 1 saturated carbocycles. The van der Waals surface area contributed by atoms with E-state index in [1.807, 2.05) is 24.1 Å². The van der Waals surface area contributed by atoms with E-state index in [0.717, 1.165) is 63.9 Å². The van der Waals surface area contributed by atoms with Gasteiger partial charge in [-0.1, -0.05) is 72.8 Å². The second-order valence-corrected chi connectivity index (χ2v) is 11.8. The van der Waals surface area contributed by atoms with Crippen LogP contribution in [0.15, 0.2) is 42.5 Å². The molecule has 0 N–H and O–H groups in total. The van der Waals surface area contributed by atoms with Gasteiger partial charge in [0.2, 0.25) is 5.91 Å². The van der Waals surface area contributed by atoms with E-state index in [9.17, 15) is 4.79 Å². The average molecular weight is 530 g/mol. The Balaban J connectivity index is 1.23. The summed E-state index contributed by atoms with van der Waals surface area (Å²) >= 11 is 12.6. The van der Waals surface area contributed by atoms with Crippen molar-refractivity contribution in [3.63, 3.8) is 0 Å². The van der Waals surface area contributed by atoms with Gasteiger partial charge in [-0.05, 0) is 67.5 Å². The summed E-state index contributed by atoms with van der Waals surface area (Å²) in [7, 11) is 1.97. The highest BCUT2D eigenvalue weighted by atomic mass is 35.5. The maximum Gasteiger partial charge on any atom is 0.225 e. The van der Waals surface area contributed by atoms with Gasteiger partial charge in [0.1, 0.15) is 0 Å². The second kappa shape index (κ2) is 11.4. The Morgan fingerprint density at radius 3 is 2.58 bits per heavy atom. The van der Waals surface area contributed by atoms with Gasteiger partial charge in [0.05, 0.1) is 22.3 Å². The van der Waals surface area contributed by atoms with Crippen molar-refractivity contribution in [2.75, 3.05) is 33.2 Å². The summed E-state index contributed by atoms with van der Waals surface area (Å²) in [5.41, 5.74) is 3.79. The summed E-state index contributed by atoms with van der Waals surface area (Å²) in [5.74, 6) is 0.708. The number of carbonyl (C=O) groups is 1. The molecule has 3 aliphatic rings. The molecular weight excluding hydrogens is 491 g/mol. The zero-order valence-corrected chi connectivity index (χ0v) is 22.9. The van der Waals surface area contributed by atoms with Gasteiger partial charge in [0.15, 0.2) is 0 Å². The highest BCUT2D eigenvalue weighted by Gasteiger charge is 2.42. The number of carbonyl (C=O) groups excluding carboxylic acids is 1. The quantitative estimate of drug-likeness (QED) is 0.386. The van der Waals surface area contributed by atoms with E-state index in [4.69, 9.17) is 27.9 Å². The Labute approximate surface area is 225 Å². The molecule has 36 heavy (non-hydrogen) atoms. The Kier molecular flexibility index (Phi) is 8.27. The number of piperidine rings is 1. The summed E-state index contributed by atoms with van der Waals surface area (Å²) in [6.45, 7) is 4.49. The Bertz CT molecular complexity index is 1060. The van der Waals surface area contributed by atoms with Crippen molar-refractivity contribution in [2.24, 2.45) is 5.92 Å². The van der Waals surface area contributed by atoms with E-state index in [2.05, 4.69) is 35.2 Å². The first-order chi connectivity index (χ1) is 17.4. The number of halogens is 2. The number of likely N-dealkylation sites (N-methyl/N-ethyl adjacent to an activating group) is 1. The molecule has 2 heterocycles. The number of ether oxygens (including phenoxy) is 1. The molecule has 2 aliphatic heterocycles. The molecule has 0 radical (unpaired) electrons. The third kappa shape index (κ3) is 5.62. The van der Waals surface area contributed by atoms with E-state index in [-0.39, 0.29) is 17.4 Å². The number of nitrogens with zero attached hydrogens (tertiary/aromatic N) is 2. The molecule has 0 aromatic heterocycles. The molecule has 1 amide bonds. The summed E-state index contributed by atoms with van der Waals surface area (Å²) in [5, 5.41) is 1.15. The molecule has 1 spiro atoms. The Morgan fingerprint density at radius 2 is 1.83 bits per heavy atom. The standard InChI is InChI=1S/C30H38Cl2N2O2/c1-33(29(35)22-7-3-2-4-8-22)20-24(23-11-12-27(31)28(32)19-23)13-16-34-17-14-30(15-18-34)26-10-6-5-9-25(26)21-36-30/h5-6,9-12,19,22,24H,2-4,7-8,13-18,20-21H2,1H3. The molecule has 1 aliphatic carbocycles. The number of likely N-dealkylation sites (tertiary alicyclic amines) is 1. The molecule has 1 saturated heterocycles. The van der Waals surface area contributed by atoms with Gasteiger partial charge in [0, 0.05) is 38.5 Å². The summed E-state index contributed by atoms with van der Waals surface area (Å²) in [4.78, 5) is 17.7. The van der Waals surface area contributed by atoms with Crippen molar-refractivity contribution in [3.8, 4) is 0 Å². The van der Waals surface area contributed by atoms with Gasteiger partial charge in [-0.15, -0.1) is 0 Å². The molecule has 0 bridgehead atoms. The fraction of sp³-hybridized carbons (Fsp3) is 0.567. The largest absolute Gasteiger partial charge is 0.365 e. The van der Waals surface area contributed by atoms with Crippen LogP contribution in [0.3, 0.4) is 0 Å². The van der Waals surface area contributed by atoms with Crippen molar-refractivity contribution >= 4 is 29.1 Å². The smallest absolute Gasteiger partial charge is 0.225 e. The summed E-state index contributed by atoms with van der Waals surface area (Å²) in [6, 6.07) is 14.6. The predicted octanol–water partition coefficient (Wildman–Crippen LogP) is 7.03. The highest BCUT2D eigenvalue weighted by Crippen LogP contribution is 2.44. The first-order valence-corrected chi connectivity index (χ1v) is 14.4. The van der Waals surface area contributed by atoms with Gasteiger partial charge in [0.25, 0.3) is 0 Å². The minimum atomic E-state index is -0.108. The van der Waals surface area contributed by atoms with Crippen LogP contribution in [0.25, 0.3) is 0 Å². The van der Waals surface area contributed by atoms with Gasteiger partial charge in [-0.25, -0.2) is 0 Å². The molecule has 5 rings (SSSR count). The maximum atomic E-state index is 13.2. The number of amides is 1. The lowest BCUT2D eigenvalue weighted by atomic mass is 9.83. The maximum absolute atomic E-state index is 13.2. The zero-order valence-electron chi connectivity index (χ0n) is 21.4. The van der Waals surface area contributed by atoms with Crippen LogP contribution < -0.4 is 0 Å². The first kappa shape index (κ1) is 26.0. The molecule has 4 nitrogen and oxygen atoms in total.